The summed E-state index contributed by atoms with van der Waals surface area (Å²) in [5, 5.41) is 0. The highest BCUT2D eigenvalue weighted by molar-refractivity contribution is 7.99. The SMILES string of the molecule is Cc1c(=O)n(Cc2ccc(S(=O)(=O)N3CCSCC3)cc2)c(=O)n2cc(C#CCc3ccncc3)sc12. The minimum atomic E-state index is -3.56. The van der Waals surface area contributed by atoms with E-state index in [2.05, 4.69) is 16.8 Å². The predicted octanol–water partition coefficient (Wildman–Crippen LogP) is 2.61. The van der Waals surface area contributed by atoms with Crippen LogP contribution in [0.3, 0.4) is 0 Å². The number of thiazole rings is 1. The third-order valence-electron chi connectivity index (χ3n) is 6.12. The van der Waals surface area contributed by atoms with E-state index in [0.29, 0.717) is 40.3 Å². The van der Waals surface area contributed by atoms with Gasteiger partial charge in [-0.1, -0.05) is 24.0 Å². The largest absolute Gasteiger partial charge is 0.336 e. The van der Waals surface area contributed by atoms with E-state index in [-0.39, 0.29) is 17.0 Å². The van der Waals surface area contributed by atoms with Gasteiger partial charge in [0, 0.05) is 55.2 Å². The van der Waals surface area contributed by atoms with Gasteiger partial charge in [0.1, 0.15) is 4.83 Å². The predicted molar refractivity (Wildman–Crippen MR) is 147 cm³/mol. The molecule has 4 heterocycles. The van der Waals surface area contributed by atoms with E-state index in [4.69, 9.17) is 0 Å². The van der Waals surface area contributed by atoms with E-state index < -0.39 is 15.7 Å². The number of pyridine rings is 1. The summed E-state index contributed by atoms with van der Waals surface area (Å²) in [7, 11) is -3.56. The van der Waals surface area contributed by atoms with Crippen LogP contribution in [0.15, 0.2) is 69.5 Å². The molecule has 0 atom stereocenters. The Kier molecular flexibility index (Phi) is 7.35. The Morgan fingerprint density at radius 1 is 1.00 bits per heavy atom. The molecule has 0 aliphatic carbocycles. The van der Waals surface area contributed by atoms with Crippen LogP contribution in [0, 0.1) is 18.8 Å². The zero-order valence-electron chi connectivity index (χ0n) is 20.1. The number of thioether (sulfide) groups is 1. The van der Waals surface area contributed by atoms with Crippen molar-refractivity contribution in [2.75, 3.05) is 24.6 Å². The van der Waals surface area contributed by atoms with Crippen LogP contribution in [0.2, 0.25) is 0 Å². The van der Waals surface area contributed by atoms with Gasteiger partial charge in [-0.3, -0.25) is 18.7 Å². The summed E-state index contributed by atoms with van der Waals surface area (Å²) in [6.45, 7) is 2.74. The lowest BCUT2D eigenvalue weighted by Gasteiger charge is -2.25. The average molecular weight is 553 g/mol. The zero-order chi connectivity index (χ0) is 26.0. The van der Waals surface area contributed by atoms with Crippen molar-refractivity contribution in [2.24, 2.45) is 0 Å². The van der Waals surface area contributed by atoms with Gasteiger partial charge >= 0.3 is 5.69 Å². The third-order valence-corrected chi connectivity index (χ3v) is 10.1. The molecule has 0 bridgehead atoms. The van der Waals surface area contributed by atoms with Gasteiger partial charge in [0.25, 0.3) is 5.56 Å². The molecular weight excluding hydrogens is 529 g/mol. The fourth-order valence-electron chi connectivity index (χ4n) is 4.08. The van der Waals surface area contributed by atoms with Crippen LogP contribution < -0.4 is 11.2 Å². The first-order valence-corrected chi connectivity index (χ1v) is 15.1. The molecule has 8 nitrogen and oxygen atoms in total. The smallest absolute Gasteiger partial charge is 0.269 e. The second-order valence-corrected chi connectivity index (χ2v) is 12.8. The molecule has 1 aromatic carbocycles. The van der Waals surface area contributed by atoms with Gasteiger partial charge in [-0.2, -0.15) is 16.1 Å². The molecule has 5 rings (SSSR count). The lowest BCUT2D eigenvalue weighted by atomic mass is 10.2. The number of aromatic nitrogens is 3. The molecule has 3 aromatic heterocycles. The van der Waals surface area contributed by atoms with Gasteiger partial charge in [-0.15, -0.1) is 11.3 Å². The molecule has 1 aliphatic heterocycles. The lowest BCUT2D eigenvalue weighted by molar-refractivity contribution is 0.443. The van der Waals surface area contributed by atoms with Crippen molar-refractivity contribution in [3.8, 4) is 11.8 Å². The van der Waals surface area contributed by atoms with Crippen LogP contribution in [0.25, 0.3) is 4.83 Å². The van der Waals surface area contributed by atoms with Crippen molar-refractivity contribution in [2.45, 2.75) is 24.8 Å². The summed E-state index contributed by atoms with van der Waals surface area (Å²) in [6, 6.07) is 10.2. The Balaban J connectivity index is 1.41. The summed E-state index contributed by atoms with van der Waals surface area (Å²) in [4.78, 5) is 31.8. The maximum absolute atomic E-state index is 13.2. The Labute approximate surface area is 222 Å². The van der Waals surface area contributed by atoms with Gasteiger partial charge in [-0.05, 0) is 42.3 Å². The van der Waals surface area contributed by atoms with Crippen molar-refractivity contribution in [1.29, 1.82) is 0 Å². The number of hydrogen-bond donors (Lipinski definition) is 0. The van der Waals surface area contributed by atoms with Crippen molar-refractivity contribution < 1.29 is 8.42 Å². The van der Waals surface area contributed by atoms with Gasteiger partial charge in [0.15, 0.2) is 0 Å². The number of sulfonamides is 1. The number of rotatable bonds is 5. The fraction of sp³-hybridized carbons (Fsp3) is 0.269. The lowest BCUT2D eigenvalue weighted by Crippen LogP contribution is -2.38. The molecule has 0 spiro atoms. The summed E-state index contributed by atoms with van der Waals surface area (Å²) in [6.07, 6.45) is 5.65. The van der Waals surface area contributed by atoms with Gasteiger partial charge in [0.2, 0.25) is 10.0 Å². The Hall–Kier alpha value is -3.17. The molecule has 4 aromatic rings. The first kappa shape index (κ1) is 25.5. The highest BCUT2D eigenvalue weighted by atomic mass is 32.2. The van der Waals surface area contributed by atoms with Crippen LogP contribution in [-0.2, 0) is 23.0 Å². The maximum atomic E-state index is 13.2. The summed E-state index contributed by atoms with van der Waals surface area (Å²) in [5.74, 6) is 7.76. The molecular formula is C26H24N4O4S3. The quantitative estimate of drug-likeness (QED) is 0.354. The van der Waals surface area contributed by atoms with E-state index in [1.165, 1.54) is 24.6 Å². The topological polar surface area (TPSA) is 93.8 Å². The molecule has 1 aliphatic rings. The van der Waals surface area contributed by atoms with Crippen molar-refractivity contribution in [1.82, 2.24) is 18.3 Å². The van der Waals surface area contributed by atoms with Gasteiger partial charge in [-0.25, -0.2) is 13.2 Å². The van der Waals surface area contributed by atoms with E-state index in [1.54, 1.807) is 61.5 Å². The molecule has 0 saturated carbocycles. The monoisotopic (exact) mass is 552 g/mol. The van der Waals surface area contributed by atoms with E-state index in [1.807, 2.05) is 12.1 Å². The summed E-state index contributed by atoms with van der Waals surface area (Å²) < 4.78 is 30.0. The van der Waals surface area contributed by atoms with E-state index >= 15 is 0 Å². The third kappa shape index (κ3) is 5.29. The molecule has 0 N–H and O–H groups in total. The Morgan fingerprint density at radius 3 is 2.41 bits per heavy atom. The van der Waals surface area contributed by atoms with E-state index in [9.17, 15) is 18.0 Å². The highest BCUT2D eigenvalue weighted by Gasteiger charge is 2.26. The molecule has 0 unspecified atom stereocenters. The molecule has 190 valence electrons. The minimum absolute atomic E-state index is 0.0427. The van der Waals surface area contributed by atoms with Crippen LogP contribution in [0.1, 0.15) is 21.6 Å². The fourth-order valence-corrected chi connectivity index (χ4v) is 7.62. The maximum Gasteiger partial charge on any atom is 0.336 e. The number of benzene rings is 1. The van der Waals surface area contributed by atoms with Gasteiger partial charge < -0.3 is 0 Å². The second-order valence-electron chi connectivity index (χ2n) is 8.56. The standard InChI is InChI=1S/C26H24N4O4S3/c1-19-24(31)29(17-21-5-7-23(8-6-21)37(33,34)28-13-15-35-16-14-28)26(32)30-18-22(36-25(19)30)4-2-3-20-9-11-27-12-10-20/h5-12,18H,3,13-17H2,1H3. The first-order valence-electron chi connectivity index (χ1n) is 11.6. The van der Waals surface area contributed by atoms with Crippen molar-refractivity contribution in [3.05, 3.63) is 97.4 Å². The number of fused-ring (bicyclic) bond motifs is 1. The van der Waals surface area contributed by atoms with Crippen molar-refractivity contribution >= 4 is 38.0 Å². The van der Waals surface area contributed by atoms with E-state index in [0.717, 1.165) is 17.1 Å². The molecule has 1 saturated heterocycles. The first-order chi connectivity index (χ1) is 17.8. The van der Waals surface area contributed by atoms with Crippen molar-refractivity contribution in [3.63, 3.8) is 0 Å². The second kappa shape index (κ2) is 10.7. The zero-order valence-corrected chi connectivity index (χ0v) is 22.5. The Morgan fingerprint density at radius 2 is 1.70 bits per heavy atom. The molecule has 11 heteroatoms. The highest BCUT2D eigenvalue weighted by Crippen LogP contribution is 2.21. The normalized spacial score (nSPS) is 14.4. The molecule has 1 fully saturated rings. The van der Waals surface area contributed by atoms with Crippen LogP contribution >= 0.6 is 23.1 Å². The van der Waals surface area contributed by atoms with Gasteiger partial charge in [0.05, 0.1) is 16.3 Å². The van der Waals surface area contributed by atoms with Crippen LogP contribution in [0.4, 0.5) is 0 Å². The molecule has 0 amide bonds. The molecule has 37 heavy (non-hydrogen) atoms. The van der Waals surface area contributed by atoms with Crippen LogP contribution in [0.5, 0.6) is 0 Å². The summed E-state index contributed by atoms with van der Waals surface area (Å²) >= 11 is 3.05. The number of aryl methyl sites for hydroxylation is 1. The Bertz CT molecular complexity index is 1720. The minimum Gasteiger partial charge on any atom is -0.269 e. The molecule has 0 radical (unpaired) electrons. The summed E-state index contributed by atoms with van der Waals surface area (Å²) in [5.41, 5.74) is 1.36. The average Bonchev–Trinajstić information content (AvgIpc) is 3.36. The number of nitrogens with zero attached hydrogens (tertiary/aromatic N) is 4. The van der Waals surface area contributed by atoms with Crippen LogP contribution in [-0.4, -0.2) is 51.3 Å². The number of hydrogen-bond acceptors (Lipinski definition) is 7.